The zero-order chi connectivity index (χ0) is 21.7. The zero-order valence-electron chi connectivity index (χ0n) is 17.2. The minimum absolute atomic E-state index is 0.0239. The van der Waals surface area contributed by atoms with Gasteiger partial charge < -0.3 is 9.84 Å². The molecule has 2 heterocycles. The summed E-state index contributed by atoms with van der Waals surface area (Å²) in [5.74, 6) is 0.0726. The summed E-state index contributed by atoms with van der Waals surface area (Å²) in [7, 11) is 0. The number of benzene rings is 1. The lowest BCUT2D eigenvalue weighted by Gasteiger charge is -2.10. The minimum Gasteiger partial charge on any atom is -0.354 e. The van der Waals surface area contributed by atoms with Crippen molar-refractivity contribution in [3.05, 3.63) is 57.1 Å². The highest BCUT2D eigenvalue weighted by molar-refractivity contribution is 5.76. The average molecular weight is 412 g/mol. The highest BCUT2D eigenvalue weighted by Crippen LogP contribution is 2.11. The zero-order valence-corrected chi connectivity index (χ0v) is 17.2. The maximum Gasteiger partial charge on any atom is 0.352 e. The third-order valence-electron chi connectivity index (χ3n) is 4.64. The summed E-state index contributed by atoms with van der Waals surface area (Å²) >= 11 is 0. The first-order chi connectivity index (χ1) is 14.4. The van der Waals surface area contributed by atoms with E-state index in [4.69, 9.17) is 4.52 Å². The Kier molecular flexibility index (Phi) is 6.55. The van der Waals surface area contributed by atoms with Crippen LogP contribution >= 0.6 is 0 Å². The van der Waals surface area contributed by atoms with Crippen molar-refractivity contribution in [2.45, 2.75) is 52.6 Å². The van der Waals surface area contributed by atoms with E-state index in [9.17, 15) is 14.4 Å². The largest absolute Gasteiger partial charge is 0.354 e. The number of hydrogen-bond acceptors (Lipinski definition) is 7. The maximum atomic E-state index is 12.7. The normalized spacial score (nSPS) is 12.0. The van der Waals surface area contributed by atoms with E-state index in [1.165, 1.54) is 0 Å². The average Bonchev–Trinajstić information content (AvgIpc) is 3.22. The number of nitrogens with one attached hydrogen (secondary N) is 1. The third kappa shape index (κ3) is 4.53. The topological polar surface area (TPSA) is 125 Å². The first-order valence-corrected chi connectivity index (χ1v) is 9.86. The van der Waals surface area contributed by atoms with Gasteiger partial charge in [-0.1, -0.05) is 30.3 Å². The predicted molar refractivity (Wildman–Crippen MR) is 109 cm³/mol. The van der Waals surface area contributed by atoms with Gasteiger partial charge in [-0.2, -0.15) is 14.8 Å². The molecular weight excluding hydrogens is 388 g/mol. The lowest BCUT2D eigenvalue weighted by atomic mass is 10.2. The van der Waals surface area contributed by atoms with E-state index in [1.807, 2.05) is 19.9 Å². The molecule has 0 spiro atoms. The summed E-state index contributed by atoms with van der Waals surface area (Å²) < 4.78 is 7.38. The van der Waals surface area contributed by atoms with Crippen LogP contribution in [0.3, 0.4) is 0 Å². The molecule has 2 aromatic heterocycles. The van der Waals surface area contributed by atoms with Gasteiger partial charge in [-0.3, -0.25) is 14.2 Å². The van der Waals surface area contributed by atoms with Crippen molar-refractivity contribution >= 4 is 5.91 Å². The van der Waals surface area contributed by atoms with E-state index in [0.717, 1.165) is 15.7 Å². The number of para-hydroxylation sites is 1. The number of rotatable bonds is 8. The van der Waals surface area contributed by atoms with Crippen LogP contribution in [0.4, 0.5) is 0 Å². The molecule has 0 aliphatic carbocycles. The molecule has 0 saturated carbocycles. The van der Waals surface area contributed by atoms with Gasteiger partial charge >= 0.3 is 5.69 Å². The van der Waals surface area contributed by atoms with Crippen molar-refractivity contribution < 1.29 is 9.32 Å². The molecule has 1 aromatic carbocycles. The Hall–Kier alpha value is -3.56. The first-order valence-electron chi connectivity index (χ1n) is 9.86. The summed E-state index contributed by atoms with van der Waals surface area (Å²) in [5.41, 5.74) is -0.741. The summed E-state index contributed by atoms with van der Waals surface area (Å²) in [6.07, 6.45) is 1.25. The van der Waals surface area contributed by atoms with Crippen molar-refractivity contribution in [1.82, 2.24) is 29.8 Å². The van der Waals surface area contributed by atoms with Crippen molar-refractivity contribution in [1.29, 1.82) is 0 Å². The molecule has 0 aliphatic rings. The molecule has 0 aliphatic heterocycles. The molecule has 0 bridgehead atoms. The number of aryl methyl sites for hydroxylation is 1. The van der Waals surface area contributed by atoms with Crippen molar-refractivity contribution in [3.63, 3.8) is 0 Å². The fourth-order valence-electron chi connectivity index (χ4n) is 2.79. The molecule has 1 amide bonds. The Morgan fingerprint density at radius 1 is 1.20 bits per heavy atom. The molecule has 1 atom stereocenters. The summed E-state index contributed by atoms with van der Waals surface area (Å²) in [6.45, 7) is 5.77. The van der Waals surface area contributed by atoms with E-state index in [-0.39, 0.29) is 48.7 Å². The Bertz CT molecular complexity index is 1130. The SMILES string of the molecule is CC[C@@H](C)NC(=O)CCc1nc(-c2nn(-c3ccccc3)c(=O)n(CC)c2=O)no1. The Balaban J connectivity index is 1.90. The quantitative estimate of drug-likeness (QED) is 0.591. The van der Waals surface area contributed by atoms with Gasteiger partial charge in [0.05, 0.1) is 5.69 Å². The van der Waals surface area contributed by atoms with Crippen molar-refractivity contribution in [2.75, 3.05) is 0 Å². The Morgan fingerprint density at radius 2 is 1.93 bits per heavy atom. The van der Waals surface area contributed by atoms with Crippen LogP contribution in [0.5, 0.6) is 0 Å². The lowest BCUT2D eigenvalue weighted by Crippen LogP contribution is -2.41. The molecule has 10 heteroatoms. The van der Waals surface area contributed by atoms with Crippen LogP contribution in [0, 0.1) is 0 Å². The van der Waals surface area contributed by atoms with Gasteiger partial charge in [-0.25, -0.2) is 4.79 Å². The number of nitrogens with zero attached hydrogens (tertiary/aromatic N) is 5. The lowest BCUT2D eigenvalue weighted by molar-refractivity contribution is -0.121. The highest BCUT2D eigenvalue weighted by atomic mass is 16.5. The first kappa shape index (κ1) is 21.2. The third-order valence-corrected chi connectivity index (χ3v) is 4.64. The van der Waals surface area contributed by atoms with Crippen LogP contribution in [0.1, 0.15) is 39.5 Å². The van der Waals surface area contributed by atoms with Gasteiger partial charge in [0.25, 0.3) is 5.56 Å². The molecule has 0 fully saturated rings. The summed E-state index contributed by atoms with van der Waals surface area (Å²) in [6, 6.07) is 8.85. The van der Waals surface area contributed by atoms with Gasteiger partial charge in [-0.15, -0.1) is 0 Å². The number of amides is 1. The monoisotopic (exact) mass is 412 g/mol. The standard InChI is InChI=1S/C20H24N6O4/c1-4-13(3)21-15(27)11-12-16-22-18(24-30-16)17-19(28)25(5-2)20(29)26(23-17)14-9-7-6-8-10-14/h6-10,13H,4-5,11-12H2,1-3H3,(H,21,27)/t13-/m1/s1. The maximum absolute atomic E-state index is 12.7. The number of aromatic nitrogens is 5. The minimum atomic E-state index is -0.600. The van der Waals surface area contributed by atoms with Crippen LogP contribution in [0.2, 0.25) is 0 Å². The number of carbonyl (C=O) groups excluding carboxylic acids is 1. The van der Waals surface area contributed by atoms with Crippen molar-refractivity contribution in [2.24, 2.45) is 0 Å². The summed E-state index contributed by atoms with van der Waals surface area (Å²) in [4.78, 5) is 41.5. The molecule has 0 radical (unpaired) electrons. The molecule has 0 unspecified atom stereocenters. The van der Waals surface area contributed by atoms with Crippen LogP contribution < -0.4 is 16.6 Å². The van der Waals surface area contributed by atoms with Crippen LogP contribution in [-0.2, 0) is 17.8 Å². The van der Waals surface area contributed by atoms with Crippen molar-refractivity contribution in [3.8, 4) is 17.2 Å². The molecule has 0 saturated heterocycles. The van der Waals surface area contributed by atoms with Gasteiger partial charge in [0, 0.05) is 25.4 Å². The van der Waals surface area contributed by atoms with E-state index in [2.05, 4.69) is 20.6 Å². The Morgan fingerprint density at radius 3 is 2.60 bits per heavy atom. The molecule has 158 valence electrons. The molecule has 3 rings (SSSR count). The molecule has 30 heavy (non-hydrogen) atoms. The van der Waals surface area contributed by atoms with Gasteiger partial charge in [-0.05, 0) is 32.4 Å². The second kappa shape index (κ2) is 9.29. The molecular formula is C20H24N6O4. The fraction of sp³-hybridized carbons (Fsp3) is 0.400. The summed E-state index contributed by atoms with van der Waals surface area (Å²) in [5, 5.41) is 10.9. The van der Waals surface area contributed by atoms with Crippen LogP contribution in [0.25, 0.3) is 17.2 Å². The Labute approximate surface area is 172 Å². The number of carbonyl (C=O) groups is 1. The molecule has 10 nitrogen and oxygen atoms in total. The van der Waals surface area contributed by atoms with Gasteiger partial charge in [0.1, 0.15) is 0 Å². The van der Waals surface area contributed by atoms with Crippen LogP contribution in [0.15, 0.2) is 44.4 Å². The van der Waals surface area contributed by atoms with Crippen LogP contribution in [-0.4, -0.2) is 36.4 Å². The highest BCUT2D eigenvalue weighted by Gasteiger charge is 2.20. The van der Waals surface area contributed by atoms with Gasteiger partial charge in [0.2, 0.25) is 17.6 Å². The molecule has 1 N–H and O–H groups in total. The van der Waals surface area contributed by atoms with E-state index in [1.54, 1.807) is 31.2 Å². The predicted octanol–water partition coefficient (Wildman–Crippen LogP) is 1.31. The molecule has 3 aromatic rings. The second-order valence-corrected chi connectivity index (χ2v) is 6.82. The number of hydrogen-bond donors (Lipinski definition) is 1. The van der Waals surface area contributed by atoms with E-state index < -0.39 is 11.2 Å². The van der Waals surface area contributed by atoms with E-state index >= 15 is 0 Å². The van der Waals surface area contributed by atoms with Gasteiger partial charge in [0.15, 0.2) is 5.69 Å². The smallest absolute Gasteiger partial charge is 0.352 e. The van der Waals surface area contributed by atoms with E-state index in [0.29, 0.717) is 5.69 Å². The fourth-order valence-corrected chi connectivity index (χ4v) is 2.79. The second-order valence-electron chi connectivity index (χ2n) is 6.82.